The van der Waals surface area contributed by atoms with Crippen LogP contribution in [0.5, 0.6) is 0 Å². The summed E-state index contributed by atoms with van der Waals surface area (Å²) >= 11 is 0. The first kappa shape index (κ1) is 14.2. The maximum atomic E-state index is 11.0. The van der Waals surface area contributed by atoms with E-state index >= 15 is 0 Å². The Hall–Kier alpha value is -1.90. The van der Waals surface area contributed by atoms with Gasteiger partial charge < -0.3 is 10.6 Å². The van der Waals surface area contributed by atoms with Gasteiger partial charge in [-0.1, -0.05) is 0 Å². The minimum Gasteiger partial charge on any atom is -0.373 e. The number of nitrogens with zero attached hydrogens (tertiary/aromatic N) is 2. The number of sulfone groups is 1. The Bertz CT molecular complexity index is 543. The van der Waals surface area contributed by atoms with Crippen LogP contribution < -0.4 is 10.6 Å². The van der Waals surface area contributed by atoms with E-state index in [-0.39, 0.29) is 23.8 Å². The van der Waals surface area contributed by atoms with Crippen LogP contribution >= 0.6 is 0 Å². The molecule has 18 heavy (non-hydrogen) atoms. The fraction of sp³-hybridized carbons (Fsp3) is 0.444. The van der Waals surface area contributed by atoms with Gasteiger partial charge in [-0.3, -0.25) is 10.1 Å². The van der Waals surface area contributed by atoms with E-state index in [0.29, 0.717) is 5.82 Å². The Morgan fingerprint density at radius 2 is 2.11 bits per heavy atom. The molecule has 1 aromatic rings. The van der Waals surface area contributed by atoms with E-state index in [0.717, 1.165) is 6.26 Å². The molecule has 0 unspecified atom stereocenters. The van der Waals surface area contributed by atoms with Crippen molar-refractivity contribution in [2.75, 3.05) is 36.2 Å². The van der Waals surface area contributed by atoms with Gasteiger partial charge in [0.05, 0.1) is 10.7 Å². The second-order valence-electron chi connectivity index (χ2n) is 3.63. The van der Waals surface area contributed by atoms with Crippen LogP contribution in [0.3, 0.4) is 0 Å². The van der Waals surface area contributed by atoms with E-state index < -0.39 is 14.8 Å². The summed E-state index contributed by atoms with van der Waals surface area (Å²) in [6, 6.07) is 2.78. The number of hydrogen-bond donors (Lipinski definition) is 2. The van der Waals surface area contributed by atoms with Gasteiger partial charge in [0.15, 0.2) is 0 Å². The number of hydrogen-bond acceptors (Lipinski definition) is 7. The lowest BCUT2D eigenvalue weighted by molar-refractivity contribution is -0.384. The third kappa shape index (κ3) is 4.17. The fourth-order valence-corrected chi connectivity index (χ4v) is 1.70. The molecule has 9 heteroatoms. The molecule has 1 rings (SSSR count). The Morgan fingerprint density at radius 1 is 1.44 bits per heavy atom. The van der Waals surface area contributed by atoms with Crippen LogP contribution in [0.1, 0.15) is 0 Å². The van der Waals surface area contributed by atoms with Crippen molar-refractivity contribution in [2.45, 2.75) is 0 Å². The van der Waals surface area contributed by atoms with Crippen LogP contribution in [0.2, 0.25) is 0 Å². The lowest BCUT2D eigenvalue weighted by Gasteiger charge is -2.07. The molecule has 8 nitrogen and oxygen atoms in total. The van der Waals surface area contributed by atoms with E-state index in [2.05, 4.69) is 15.6 Å². The average Bonchev–Trinajstić information content (AvgIpc) is 2.26. The molecule has 0 aromatic carbocycles. The van der Waals surface area contributed by atoms with Crippen LogP contribution in [-0.2, 0) is 9.84 Å². The van der Waals surface area contributed by atoms with Gasteiger partial charge in [-0.15, -0.1) is 0 Å². The zero-order chi connectivity index (χ0) is 13.8. The van der Waals surface area contributed by atoms with Crippen molar-refractivity contribution in [3.05, 3.63) is 22.2 Å². The van der Waals surface area contributed by atoms with E-state index in [1.54, 1.807) is 7.05 Å². The highest BCUT2D eigenvalue weighted by Gasteiger charge is 2.15. The molecule has 0 saturated heterocycles. The van der Waals surface area contributed by atoms with Crippen molar-refractivity contribution in [1.82, 2.24) is 4.98 Å². The number of aromatic nitrogens is 1. The largest absolute Gasteiger partial charge is 0.373 e. The van der Waals surface area contributed by atoms with Crippen molar-refractivity contribution in [2.24, 2.45) is 0 Å². The molecule has 0 aliphatic heterocycles. The average molecular weight is 274 g/mol. The molecule has 100 valence electrons. The molecule has 0 atom stereocenters. The van der Waals surface area contributed by atoms with Gasteiger partial charge in [-0.2, -0.15) is 0 Å². The van der Waals surface area contributed by atoms with E-state index in [4.69, 9.17) is 0 Å². The molecular formula is C9H14N4O4S. The Kier molecular flexibility index (Phi) is 4.43. The topological polar surface area (TPSA) is 114 Å². The standard InChI is InChI=1S/C9H14N4O4S/c1-10-8-4-3-7(13(14)15)9(12-8)11-5-6-18(2,16)17/h3-4H,5-6H2,1-2H3,(H2,10,11,12). The zero-order valence-corrected chi connectivity index (χ0v) is 10.8. The van der Waals surface area contributed by atoms with E-state index in [1.165, 1.54) is 12.1 Å². The Morgan fingerprint density at radius 3 is 2.61 bits per heavy atom. The Labute approximate surface area is 104 Å². The highest BCUT2D eigenvalue weighted by atomic mass is 32.2. The number of nitrogens with one attached hydrogen (secondary N) is 2. The summed E-state index contributed by atoms with van der Waals surface area (Å²) in [4.78, 5) is 14.2. The number of anilines is 2. The molecule has 0 radical (unpaired) electrons. The SMILES string of the molecule is CNc1ccc([N+](=O)[O-])c(NCCS(C)(=O)=O)n1. The first-order valence-electron chi connectivity index (χ1n) is 5.08. The fourth-order valence-electron chi connectivity index (χ4n) is 1.22. The minimum absolute atomic E-state index is 0.0514. The highest BCUT2D eigenvalue weighted by Crippen LogP contribution is 2.23. The van der Waals surface area contributed by atoms with Gasteiger partial charge in [0, 0.05) is 25.9 Å². The van der Waals surface area contributed by atoms with E-state index in [1.807, 2.05) is 0 Å². The third-order valence-corrected chi connectivity index (χ3v) is 3.04. The lowest BCUT2D eigenvalue weighted by Crippen LogP contribution is -2.15. The maximum Gasteiger partial charge on any atom is 0.311 e. The molecule has 1 heterocycles. The molecule has 1 aromatic heterocycles. The molecule has 0 aliphatic rings. The molecule has 0 saturated carbocycles. The highest BCUT2D eigenvalue weighted by molar-refractivity contribution is 7.90. The van der Waals surface area contributed by atoms with Gasteiger partial charge in [0.2, 0.25) is 5.82 Å². The molecule has 0 bridgehead atoms. The van der Waals surface area contributed by atoms with Gasteiger partial charge in [0.1, 0.15) is 15.7 Å². The number of pyridine rings is 1. The van der Waals surface area contributed by atoms with Gasteiger partial charge >= 0.3 is 5.69 Å². The second kappa shape index (κ2) is 5.63. The van der Waals surface area contributed by atoms with Gasteiger partial charge in [-0.25, -0.2) is 13.4 Å². The van der Waals surface area contributed by atoms with Crippen molar-refractivity contribution in [3.8, 4) is 0 Å². The smallest absolute Gasteiger partial charge is 0.311 e. The summed E-state index contributed by atoms with van der Waals surface area (Å²) < 4.78 is 21.9. The van der Waals surface area contributed by atoms with Gasteiger partial charge in [0.25, 0.3) is 0 Å². The molecule has 0 spiro atoms. The van der Waals surface area contributed by atoms with Crippen molar-refractivity contribution >= 4 is 27.2 Å². The number of rotatable bonds is 6. The van der Waals surface area contributed by atoms with Crippen LogP contribution in [0.25, 0.3) is 0 Å². The Balaban J connectivity index is 2.87. The summed E-state index contributed by atoms with van der Waals surface area (Å²) in [5, 5.41) is 16.2. The normalized spacial score (nSPS) is 11.0. The van der Waals surface area contributed by atoms with Crippen LogP contribution in [0.15, 0.2) is 12.1 Å². The predicted octanol–water partition coefficient (Wildman–Crippen LogP) is 0.488. The maximum absolute atomic E-state index is 11.0. The first-order valence-corrected chi connectivity index (χ1v) is 7.14. The van der Waals surface area contributed by atoms with Crippen molar-refractivity contribution in [1.29, 1.82) is 0 Å². The van der Waals surface area contributed by atoms with Crippen molar-refractivity contribution in [3.63, 3.8) is 0 Å². The summed E-state index contributed by atoms with van der Waals surface area (Å²) in [6.45, 7) is 0.0693. The second-order valence-corrected chi connectivity index (χ2v) is 5.89. The van der Waals surface area contributed by atoms with Crippen LogP contribution in [-0.4, -0.2) is 43.9 Å². The third-order valence-electron chi connectivity index (χ3n) is 2.09. The lowest BCUT2D eigenvalue weighted by atomic mass is 10.3. The summed E-state index contributed by atoms with van der Waals surface area (Å²) in [7, 11) is -1.49. The van der Waals surface area contributed by atoms with Gasteiger partial charge in [-0.05, 0) is 6.07 Å². The minimum atomic E-state index is -3.12. The monoisotopic (exact) mass is 274 g/mol. The zero-order valence-electron chi connectivity index (χ0n) is 10.0. The molecule has 2 N–H and O–H groups in total. The quantitative estimate of drug-likeness (QED) is 0.573. The first-order chi connectivity index (χ1) is 8.33. The molecule has 0 amide bonds. The summed E-state index contributed by atoms with van der Waals surface area (Å²) in [6.07, 6.45) is 1.10. The molecular weight excluding hydrogens is 260 g/mol. The predicted molar refractivity (Wildman–Crippen MR) is 68.6 cm³/mol. The van der Waals surface area contributed by atoms with E-state index in [9.17, 15) is 18.5 Å². The molecule has 0 fully saturated rings. The summed E-state index contributed by atoms with van der Waals surface area (Å²) in [5.74, 6) is 0.397. The summed E-state index contributed by atoms with van der Waals surface area (Å²) in [5.41, 5.74) is -0.192. The van der Waals surface area contributed by atoms with Crippen molar-refractivity contribution < 1.29 is 13.3 Å². The molecule has 0 aliphatic carbocycles. The van der Waals surface area contributed by atoms with Crippen LogP contribution in [0.4, 0.5) is 17.3 Å². The van der Waals surface area contributed by atoms with Crippen LogP contribution in [0, 0.1) is 10.1 Å². The number of nitro groups is 1.